The topological polar surface area (TPSA) is 117 Å². The lowest BCUT2D eigenvalue weighted by Crippen LogP contribution is -2.34. The normalized spacial score (nSPS) is 23.6. The molecule has 3 unspecified atom stereocenters. The van der Waals surface area contributed by atoms with Crippen LogP contribution in [0.25, 0.3) is 0 Å². The van der Waals surface area contributed by atoms with Gasteiger partial charge < -0.3 is 20.8 Å². The molecule has 0 amide bonds. The summed E-state index contributed by atoms with van der Waals surface area (Å²) < 4.78 is 37.5. The van der Waals surface area contributed by atoms with E-state index >= 15 is 0 Å². The van der Waals surface area contributed by atoms with Crippen molar-refractivity contribution in [1.29, 1.82) is 0 Å². The molecule has 148 valence electrons. The summed E-state index contributed by atoms with van der Waals surface area (Å²) in [4.78, 5) is 24.9. The number of carboxylic acids is 2. The molecule has 2 heterocycles. The number of carbonyl (C=O) groups is 2. The predicted molar refractivity (Wildman–Crippen MR) is 90.1 cm³/mol. The molecular formula is C17H20F3N3O4. The number of carboxylic acid groups (broad SMARTS) is 2. The van der Waals surface area contributed by atoms with Crippen LogP contribution in [0.4, 0.5) is 18.9 Å². The first kappa shape index (κ1) is 20.7. The molecule has 0 aromatic carbocycles. The lowest BCUT2D eigenvalue weighted by Gasteiger charge is -2.29. The van der Waals surface area contributed by atoms with E-state index in [1.165, 1.54) is 12.3 Å². The molecule has 0 bridgehead atoms. The van der Waals surface area contributed by atoms with E-state index in [0.717, 1.165) is 31.0 Å². The molecule has 1 saturated carbocycles. The van der Waals surface area contributed by atoms with Gasteiger partial charge >= 0.3 is 18.1 Å². The van der Waals surface area contributed by atoms with Gasteiger partial charge in [0.25, 0.3) is 0 Å². The minimum Gasteiger partial charge on any atom is -0.478 e. The minimum absolute atomic E-state index is 0.354. The number of halogens is 3. The average molecular weight is 387 g/mol. The van der Waals surface area contributed by atoms with Crippen LogP contribution in [0.3, 0.4) is 0 Å². The van der Waals surface area contributed by atoms with E-state index in [0.29, 0.717) is 36.7 Å². The summed E-state index contributed by atoms with van der Waals surface area (Å²) in [6.07, 6.45) is 1.21. The highest BCUT2D eigenvalue weighted by atomic mass is 19.4. The van der Waals surface area contributed by atoms with Gasteiger partial charge in [0.2, 0.25) is 0 Å². The summed E-state index contributed by atoms with van der Waals surface area (Å²) in [7, 11) is 0. The van der Waals surface area contributed by atoms with Crippen LogP contribution >= 0.6 is 0 Å². The zero-order valence-corrected chi connectivity index (χ0v) is 14.3. The second kappa shape index (κ2) is 8.38. The van der Waals surface area contributed by atoms with Crippen LogP contribution in [-0.4, -0.2) is 45.8 Å². The van der Waals surface area contributed by atoms with E-state index in [1.54, 1.807) is 0 Å². The van der Waals surface area contributed by atoms with Gasteiger partial charge in [-0.1, -0.05) is 0 Å². The average Bonchev–Trinajstić information content (AvgIpc) is 3.24. The number of nitrogens with two attached hydrogens (primary N) is 1. The number of aromatic nitrogens is 1. The van der Waals surface area contributed by atoms with Gasteiger partial charge in [-0.2, -0.15) is 13.2 Å². The number of anilines is 1. The van der Waals surface area contributed by atoms with Crippen molar-refractivity contribution >= 4 is 17.6 Å². The van der Waals surface area contributed by atoms with Crippen LogP contribution < -0.4 is 10.6 Å². The molecule has 3 atom stereocenters. The Kier molecular flexibility index (Phi) is 6.42. The highest BCUT2D eigenvalue weighted by Crippen LogP contribution is 2.50. The van der Waals surface area contributed by atoms with Crippen molar-refractivity contribution in [2.75, 3.05) is 11.4 Å². The predicted octanol–water partition coefficient (Wildman–Crippen LogP) is 2.13. The largest absolute Gasteiger partial charge is 0.478 e. The van der Waals surface area contributed by atoms with Gasteiger partial charge in [0.15, 0.2) is 0 Å². The van der Waals surface area contributed by atoms with Crippen molar-refractivity contribution in [1.82, 2.24) is 4.98 Å². The van der Waals surface area contributed by atoms with E-state index < -0.39 is 23.8 Å². The molecule has 1 aliphatic heterocycles. The number of pyridine rings is 1. The molecule has 7 nitrogen and oxygen atoms in total. The first-order valence-electron chi connectivity index (χ1n) is 8.29. The fourth-order valence-corrected chi connectivity index (χ4v) is 3.26. The van der Waals surface area contributed by atoms with E-state index in [-0.39, 0.29) is 0 Å². The van der Waals surface area contributed by atoms with Crippen molar-refractivity contribution in [2.45, 2.75) is 37.5 Å². The molecule has 0 spiro atoms. The quantitative estimate of drug-likeness (QED) is 0.663. The van der Waals surface area contributed by atoms with E-state index in [9.17, 15) is 22.8 Å². The van der Waals surface area contributed by atoms with Crippen LogP contribution in [0.5, 0.6) is 0 Å². The molecule has 0 radical (unpaired) electrons. The first-order chi connectivity index (χ1) is 12.6. The standard InChI is InChI=1S/C13H16F3N3.C4H4O4/c14-13(15,16)12-2-1-10(7-18-12)19-9(3-4-17)5-8-6-11(8)19;5-3(6)1-2-4(7)8/h1-2,7-9,11H,3-6,17H2;1-2H,(H,5,6)(H,7,8)/b;2-1+. The Morgan fingerprint density at radius 1 is 1.22 bits per heavy atom. The Morgan fingerprint density at radius 3 is 2.30 bits per heavy atom. The number of piperidine rings is 1. The molecule has 1 aromatic heterocycles. The summed E-state index contributed by atoms with van der Waals surface area (Å²) in [5, 5.41) is 15.6. The third-order valence-corrected chi connectivity index (χ3v) is 4.42. The van der Waals surface area contributed by atoms with E-state index in [4.69, 9.17) is 15.9 Å². The first-order valence-corrected chi connectivity index (χ1v) is 8.29. The van der Waals surface area contributed by atoms with Gasteiger partial charge in [-0.3, -0.25) is 0 Å². The highest BCUT2D eigenvalue weighted by Gasteiger charge is 2.51. The third kappa shape index (κ3) is 5.68. The van der Waals surface area contributed by atoms with E-state index in [2.05, 4.69) is 9.88 Å². The summed E-state index contributed by atoms with van der Waals surface area (Å²) >= 11 is 0. The number of aliphatic carboxylic acids is 2. The fourth-order valence-electron chi connectivity index (χ4n) is 3.26. The van der Waals surface area contributed by atoms with Crippen molar-refractivity contribution in [3.8, 4) is 0 Å². The number of hydrogen-bond donors (Lipinski definition) is 3. The Labute approximate surface area is 153 Å². The van der Waals surface area contributed by atoms with Crippen LogP contribution in [0.2, 0.25) is 0 Å². The van der Waals surface area contributed by atoms with Gasteiger partial charge in [0, 0.05) is 24.2 Å². The Bertz CT molecular complexity index is 690. The van der Waals surface area contributed by atoms with Crippen LogP contribution in [0, 0.1) is 5.92 Å². The maximum Gasteiger partial charge on any atom is 0.433 e. The van der Waals surface area contributed by atoms with Crippen molar-refractivity contribution in [3.63, 3.8) is 0 Å². The number of fused-ring (bicyclic) bond motifs is 1. The lowest BCUT2D eigenvalue weighted by molar-refractivity contribution is -0.141. The molecular weight excluding hydrogens is 367 g/mol. The fraction of sp³-hybridized carbons (Fsp3) is 0.471. The number of nitrogens with zero attached hydrogens (tertiary/aromatic N) is 2. The van der Waals surface area contributed by atoms with Crippen LogP contribution in [0.1, 0.15) is 25.0 Å². The monoisotopic (exact) mass is 387 g/mol. The van der Waals surface area contributed by atoms with E-state index in [1.807, 2.05) is 0 Å². The van der Waals surface area contributed by atoms with Crippen molar-refractivity contribution in [2.24, 2.45) is 11.7 Å². The number of rotatable bonds is 5. The van der Waals surface area contributed by atoms with Crippen molar-refractivity contribution < 1.29 is 33.0 Å². The molecule has 10 heteroatoms. The summed E-state index contributed by atoms with van der Waals surface area (Å²) in [6.45, 7) is 0.606. The summed E-state index contributed by atoms with van der Waals surface area (Å²) in [5.41, 5.74) is 5.55. The van der Waals surface area contributed by atoms with Gasteiger partial charge in [-0.25, -0.2) is 14.6 Å². The summed E-state index contributed by atoms with van der Waals surface area (Å²) in [6, 6.07) is 3.42. The second-order valence-electron chi connectivity index (χ2n) is 6.35. The number of hydrogen-bond acceptors (Lipinski definition) is 5. The van der Waals surface area contributed by atoms with Crippen LogP contribution in [0.15, 0.2) is 30.5 Å². The third-order valence-electron chi connectivity index (χ3n) is 4.42. The van der Waals surface area contributed by atoms with Crippen molar-refractivity contribution in [3.05, 3.63) is 36.2 Å². The molecule has 4 N–H and O–H groups in total. The molecule has 2 aliphatic rings. The Balaban J connectivity index is 0.000000279. The smallest absolute Gasteiger partial charge is 0.433 e. The molecule has 27 heavy (non-hydrogen) atoms. The van der Waals surface area contributed by atoms with Gasteiger partial charge in [0.05, 0.1) is 11.9 Å². The second-order valence-corrected chi connectivity index (χ2v) is 6.35. The number of alkyl halides is 3. The van der Waals surface area contributed by atoms with Gasteiger partial charge in [-0.05, 0) is 43.9 Å². The Morgan fingerprint density at radius 2 is 1.85 bits per heavy atom. The molecule has 1 aliphatic carbocycles. The maximum atomic E-state index is 12.5. The maximum absolute atomic E-state index is 12.5. The molecule has 1 aromatic rings. The minimum atomic E-state index is -4.37. The van der Waals surface area contributed by atoms with Gasteiger partial charge in [-0.15, -0.1) is 0 Å². The highest BCUT2D eigenvalue weighted by molar-refractivity contribution is 5.89. The molecule has 2 fully saturated rings. The SMILES string of the molecule is NCCC1CC2CC2N1c1ccc(C(F)(F)F)nc1.O=C(O)/C=C/C(=O)O. The zero-order chi connectivity index (χ0) is 20.2. The molecule has 3 rings (SSSR count). The van der Waals surface area contributed by atoms with Gasteiger partial charge in [0.1, 0.15) is 5.69 Å². The van der Waals surface area contributed by atoms with Crippen LogP contribution in [-0.2, 0) is 15.8 Å². The lowest BCUT2D eigenvalue weighted by atomic mass is 10.1. The Hall–Kier alpha value is -2.62. The summed E-state index contributed by atoms with van der Waals surface area (Å²) in [5.74, 6) is -1.82. The molecule has 1 saturated heterocycles. The zero-order valence-electron chi connectivity index (χ0n) is 14.3.